The van der Waals surface area contributed by atoms with Crippen LogP contribution in [0.2, 0.25) is 0 Å². The van der Waals surface area contributed by atoms with Crippen LogP contribution < -0.4 is 10.6 Å². The predicted molar refractivity (Wildman–Crippen MR) is 52.5 cm³/mol. The Hall–Kier alpha value is -0.610. The Labute approximate surface area is 79.7 Å². The maximum atomic E-state index is 11.0. The Bertz CT molecular complexity index is 152. The molecule has 0 spiro atoms. The molecule has 0 unspecified atom stereocenters. The Balaban J connectivity index is 3.31. The first-order chi connectivity index (χ1) is 5.95. The van der Waals surface area contributed by atoms with E-state index in [1.165, 1.54) is 0 Å². The second-order valence-corrected chi connectivity index (χ2v) is 3.69. The third kappa shape index (κ3) is 9.30. The summed E-state index contributed by atoms with van der Waals surface area (Å²) in [6.45, 7) is 7.13. The Kier molecular flexibility index (Phi) is 5.66. The number of hydrogen-bond acceptors (Lipinski definition) is 3. The maximum Gasteiger partial charge on any atom is 0.221 e. The summed E-state index contributed by atoms with van der Waals surface area (Å²) < 4.78 is 0. The lowest BCUT2D eigenvalue weighted by atomic mass is 10.1. The van der Waals surface area contributed by atoms with Gasteiger partial charge in [0.05, 0.1) is 5.60 Å². The first kappa shape index (κ1) is 12.4. The minimum Gasteiger partial charge on any atom is -0.389 e. The predicted octanol–water partition coefficient (Wildman–Crippen LogP) is -0.127. The first-order valence-electron chi connectivity index (χ1n) is 4.65. The molecule has 0 radical (unpaired) electrons. The lowest BCUT2D eigenvalue weighted by molar-refractivity contribution is -0.120. The molecule has 0 aliphatic heterocycles. The summed E-state index contributed by atoms with van der Waals surface area (Å²) in [5, 5.41) is 15.0. The molecule has 0 bridgehead atoms. The van der Waals surface area contributed by atoms with Crippen LogP contribution in [0.3, 0.4) is 0 Å². The molecule has 0 aliphatic rings. The number of amides is 1. The van der Waals surface area contributed by atoms with Gasteiger partial charge in [-0.05, 0) is 20.8 Å². The van der Waals surface area contributed by atoms with Gasteiger partial charge in [-0.25, -0.2) is 0 Å². The number of carbonyl (C=O) groups excluding carboxylic acids is 1. The normalized spacial score (nSPS) is 11.4. The highest BCUT2D eigenvalue weighted by Crippen LogP contribution is 1.96. The zero-order chi connectivity index (χ0) is 10.3. The summed E-state index contributed by atoms with van der Waals surface area (Å²) >= 11 is 0. The van der Waals surface area contributed by atoms with E-state index >= 15 is 0 Å². The van der Waals surface area contributed by atoms with Gasteiger partial charge < -0.3 is 15.7 Å². The van der Waals surface area contributed by atoms with Crippen LogP contribution in [0.4, 0.5) is 0 Å². The van der Waals surface area contributed by atoms with Crippen molar-refractivity contribution in [3.05, 3.63) is 0 Å². The van der Waals surface area contributed by atoms with E-state index in [0.717, 1.165) is 0 Å². The summed E-state index contributed by atoms with van der Waals surface area (Å²) in [6, 6.07) is 0. The fourth-order valence-corrected chi connectivity index (χ4v) is 0.882. The van der Waals surface area contributed by atoms with E-state index in [1.54, 1.807) is 13.8 Å². The van der Waals surface area contributed by atoms with Gasteiger partial charge in [-0.2, -0.15) is 0 Å². The third-order valence-corrected chi connectivity index (χ3v) is 1.46. The van der Waals surface area contributed by atoms with Gasteiger partial charge in [-0.3, -0.25) is 4.79 Å². The summed E-state index contributed by atoms with van der Waals surface area (Å²) in [5.41, 5.74) is -0.707. The minimum atomic E-state index is -0.707. The molecule has 4 heteroatoms. The molecule has 0 aromatic rings. The fourth-order valence-electron chi connectivity index (χ4n) is 0.882. The van der Waals surface area contributed by atoms with Gasteiger partial charge in [0.15, 0.2) is 0 Å². The Morgan fingerprint density at radius 1 is 1.46 bits per heavy atom. The van der Waals surface area contributed by atoms with Crippen LogP contribution in [0.25, 0.3) is 0 Å². The molecule has 13 heavy (non-hydrogen) atoms. The molecule has 0 atom stereocenters. The van der Waals surface area contributed by atoms with Crippen molar-refractivity contribution in [2.45, 2.75) is 32.8 Å². The molecule has 0 aromatic carbocycles. The molecule has 3 N–H and O–H groups in total. The molecule has 0 rings (SSSR count). The zero-order valence-corrected chi connectivity index (χ0v) is 8.68. The number of hydrogen-bond donors (Lipinski definition) is 3. The van der Waals surface area contributed by atoms with E-state index in [2.05, 4.69) is 10.6 Å². The van der Waals surface area contributed by atoms with Crippen LogP contribution >= 0.6 is 0 Å². The molecule has 0 aromatic heterocycles. The van der Waals surface area contributed by atoms with E-state index in [-0.39, 0.29) is 5.91 Å². The van der Waals surface area contributed by atoms with Crippen LogP contribution in [-0.4, -0.2) is 36.2 Å². The highest BCUT2D eigenvalue weighted by molar-refractivity contribution is 5.75. The van der Waals surface area contributed by atoms with Gasteiger partial charge in [-0.15, -0.1) is 0 Å². The molecule has 0 heterocycles. The van der Waals surface area contributed by atoms with E-state index in [0.29, 0.717) is 26.1 Å². The van der Waals surface area contributed by atoms with Crippen molar-refractivity contribution in [2.75, 3.05) is 19.6 Å². The maximum absolute atomic E-state index is 11.0. The summed E-state index contributed by atoms with van der Waals surface area (Å²) in [6.07, 6.45) is 0.462. The van der Waals surface area contributed by atoms with Gasteiger partial charge in [0.1, 0.15) is 0 Å². The van der Waals surface area contributed by atoms with Crippen molar-refractivity contribution in [1.82, 2.24) is 10.6 Å². The van der Waals surface area contributed by atoms with Crippen molar-refractivity contribution in [1.29, 1.82) is 0 Å². The van der Waals surface area contributed by atoms with Gasteiger partial charge in [-0.1, -0.05) is 0 Å². The van der Waals surface area contributed by atoms with Crippen molar-refractivity contribution >= 4 is 5.91 Å². The van der Waals surface area contributed by atoms with Crippen LogP contribution in [-0.2, 0) is 4.79 Å². The molecule has 1 amide bonds. The molecular weight excluding hydrogens is 168 g/mol. The average molecular weight is 188 g/mol. The van der Waals surface area contributed by atoms with Crippen molar-refractivity contribution < 1.29 is 9.90 Å². The highest BCUT2D eigenvalue weighted by Gasteiger charge is 2.10. The van der Waals surface area contributed by atoms with Gasteiger partial charge in [0.25, 0.3) is 0 Å². The van der Waals surface area contributed by atoms with E-state index < -0.39 is 5.60 Å². The van der Waals surface area contributed by atoms with Crippen molar-refractivity contribution in [2.24, 2.45) is 0 Å². The summed E-state index contributed by atoms with van der Waals surface area (Å²) in [5.74, 6) is 0.0470. The topological polar surface area (TPSA) is 61.4 Å². The lowest BCUT2D eigenvalue weighted by Gasteiger charge is -2.17. The van der Waals surface area contributed by atoms with Crippen LogP contribution in [0.1, 0.15) is 27.2 Å². The standard InChI is InChI=1S/C9H20N2O2/c1-4-11-8(12)5-6-10-7-9(2,3)13/h10,13H,4-7H2,1-3H3,(H,11,12). The van der Waals surface area contributed by atoms with E-state index in [1.807, 2.05) is 6.92 Å². The Morgan fingerprint density at radius 3 is 2.54 bits per heavy atom. The van der Waals surface area contributed by atoms with Gasteiger partial charge in [0, 0.05) is 26.1 Å². The molecule has 0 fully saturated rings. The molecule has 4 nitrogen and oxygen atoms in total. The monoisotopic (exact) mass is 188 g/mol. The largest absolute Gasteiger partial charge is 0.389 e. The molecule has 0 saturated heterocycles. The zero-order valence-electron chi connectivity index (χ0n) is 8.68. The van der Waals surface area contributed by atoms with Crippen LogP contribution in [0.15, 0.2) is 0 Å². The van der Waals surface area contributed by atoms with Crippen LogP contribution in [0, 0.1) is 0 Å². The van der Waals surface area contributed by atoms with Crippen molar-refractivity contribution in [3.8, 4) is 0 Å². The Morgan fingerprint density at radius 2 is 2.08 bits per heavy atom. The average Bonchev–Trinajstić information content (AvgIpc) is 1.97. The molecule has 0 saturated carbocycles. The second kappa shape index (κ2) is 5.94. The molecular formula is C9H20N2O2. The van der Waals surface area contributed by atoms with Crippen LogP contribution in [0.5, 0.6) is 0 Å². The quantitative estimate of drug-likeness (QED) is 0.509. The van der Waals surface area contributed by atoms with E-state index in [4.69, 9.17) is 0 Å². The van der Waals surface area contributed by atoms with E-state index in [9.17, 15) is 9.90 Å². The first-order valence-corrected chi connectivity index (χ1v) is 4.65. The summed E-state index contributed by atoms with van der Waals surface area (Å²) in [7, 11) is 0. The molecule has 78 valence electrons. The number of nitrogens with one attached hydrogen (secondary N) is 2. The summed E-state index contributed by atoms with van der Waals surface area (Å²) in [4.78, 5) is 11.0. The van der Waals surface area contributed by atoms with Gasteiger partial charge in [0.2, 0.25) is 5.91 Å². The highest BCUT2D eigenvalue weighted by atomic mass is 16.3. The minimum absolute atomic E-state index is 0.0470. The second-order valence-electron chi connectivity index (χ2n) is 3.69. The van der Waals surface area contributed by atoms with Crippen molar-refractivity contribution in [3.63, 3.8) is 0 Å². The van der Waals surface area contributed by atoms with Gasteiger partial charge >= 0.3 is 0 Å². The molecule has 0 aliphatic carbocycles. The smallest absolute Gasteiger partial charge is 0.221 e. The number of aliphatic hydroxyl groups is 1. The third-order valence-electron chi connectivity index (χ3n) is 1.46. The SMILES string of the molecule is CCNC(=O)CCNCC(C)(C)O. The number of rotatable bonds is 6. The number of carbonyl (C=O) groups is 1. The lowest BCUT2D eigenvalue weighted by Crippen LogP contribution is -2.36. The fraction of sp³-hybridized carbons (Fsp3) is 0.889.